The highest BCUT2D eigenvalue weighted by molar-refractivity contribution is 9.10. The number of hydrogen-bond acceptors (Lipinski definition) is 4. The molecule has 0 saturated heterocycles. The number of aromatic amines is 1. The molecule has 0 unspecified atom stereocenters. The van der Waals surface area contributed by atoms with Crippen molar-refractivity contribution in [2.24, 2.45) is 0 Å². The molecule has 0 fully saturated rings. The number of H-pyrrole nitrogens is 1. The Morgan fingerprint density at radius 1 is 1.35 bits per heavy atom. The van der Waals surface area contributed by atoms with Crippen LogP contribution in [-0.4, -0.2) is 26.7 Å². The number of rotatable bonds is 6. The summed E-state index contributed by atoms with van der Waals surface area (Å²) >= 11 is 3.40. The third-order valence-corrected chi connectivity index (χ3v) is 2.76. The van der Waals surface area contributed by atoms with Gasteiger partial charge in [0.05, 0.1) is 0 Å². The number of nitrogens with zero attached hydrogens (tertiary/aromatic N) is 3. The van der Waals surface area contributed by atoms with Crippen molar-refractivity contribution in [2.45, 2.75) is 19.4 Å². The van der Waals surface area contributed by atoms with E-state index in [1.54, 1.807) is 6.20 Å². The van der Waals surface area contributed by atoms with Crippen LogP contribution in [0.15, 0.2) is 29.3 Å². The maximum Gasteiger partial charge on any atom is 0.137 e. The number of aryl methyl sites for hydroxylation is 1. The van der Waals surface area contributed by atoms with Gasteiger partial charge in [0, 0.05) is 29.8 Å². The molecule has 0 spiro atoms. The summed E-state index contributed by atoms with van der Waals surface area (Å²) in [5.41, 5.74) is 1.18. The molecule has 0 aromatic carbocycles. The van der Waals surface area contributed by atoms with Crippen molar-refractivity contribution < 1.29 is 0 Å². The Morgan fingerprint density at radius 3 is 3.06 bits per heavy atom. The van der Waals surface area contributed by atoms with Gasteiger partial charge in [0.2, 0.25) is 0 Å². The topological polar surface area (TPSA) is 66.5 Å². The fraction of sp³-hybridized carbons (Fsp3) is 0.364. The van der Waals surface area contributed by atoms with E-state index < -0.39 is 0 Å². The van der Waals surface area contributed by atoms with E-state index in [0.717, 1.165) is 36.2 Å². The van der Waals surface area contributed by atoms with E-state index in [4.69, 9.17) is 0 Å². The van der Waals surface area contributed by atoms with E-state index in [1.807, 2.05) is 6.20 Å². The maximum absolute atomic E-state index is 4.11. The van der Waals surface area contributed by atoms with Crippen LogP contribution in [0.3, 0.4) is 0 Å². The minimum Gasteiger partial charge on any atom is -0.313 e. The van der Waals surface area contributed by atoms with Crippen LogP contribution in [0.2, 0.25) is 0 Å². The molecule has 2 aromatic heterocycles. The monoisotopic (exact) mass is 295 g/mol. The van der Waals surface area contributed by atoms with E-state index >= 15 is 0 Å². The number of pyridine rings is 1. The summed E-state index contributed by atoms with van der Waals surface area (Å²) in [5, 5.41) is 10.0. The van der Waals surface area contributed by atoms with Gasteiger partial charge in [-0.3, -0.25) is 10.1 Å². The van der Waals surface area contributed by atoms with Gasteiger partial charge in [0.15, 0.2) is 0 Å². The highest BCUT2D eigenvalue weighted by Crippen LogP contribution is 2.09. The molecule has 0 amide bonds. The molecule has 0 atom stereocenters. The number of aromatic nitrogens is 4. The van der Waals surface area contributed by atoms with Crippen molar-refractivity contribution in [1.29, 1.82) is 0 Å². The number of hydrogen-bond donors (Lipinski definition) is 2. The molecular formula is C11H14BrN5. The molecular weight excluding hydrogens is 282 g/mol. The minimum atomic E-state index is 0.836. The highest BCUT2D eigenvalue weighted by atomic mass is 79.9. The lowest BCUT2D eigenvalue weighted by Gasteiger charge is -2.04. The fourth-order valence-corrected chi connectivity index (χ4v) is 1.93. The van der Waals surface area contributed by atoms with Crippen molar-refractivity contribution in [1.82, 2.24) is 25.5 Å². The second-order valence-electron chi connectivity index (χ2n) is 3.72. The summed E-state index contributed by atoms with van der Waals surface area (Å²) in [6.45, 7) is 1.79. The lowest BCUT2D eigenvalue weighted by Crippen LogP contribution is -2.15. The molecule has 0 aliphatic carbocycles. The summed E-state index contributed by atoms with van der Waals surface area (Å²) in [5.74, 6) is 0.941. The van der Waals surface area contributed by atoms with Gasteiger partial charge in [-0.15, -0.1) is 0 Å². The SMILES string of the molecule is Brc1cncc(CNCCCc2ncn[nH]2)c1. The molecule has 0 aliphatic rings. The van der Waals surface area contributed by atoms with E-state index in [2.05, 4.69) is 47.5 Å². The van der Waals surface area contributed by atoms with Crippen molar-refractivity contribution in [3.63, 3.8) is 0 Å². The van der Waals surface area contributed by atoms with E-state index in [1.165, 1.54) is 11.9 Å². The number of halogens is 1. The third-order valence-electron chi connectivity index (χ3n) is 2.32. The summed E-state index contributed by atoms with van der Waals surface area (Å²) in [4.78, 5) is 8.19. The first-order valence-electron chi connectivity index (χ1n) is 5.49. The maximum atomic E-state index is 4.11. The van der Waals surface area contributed by atoms with E-state index in [-0.39, 0.29) is 0 Å². The quantitative estimate of drug-likeness (QED) is 0.796. The van der Waals surface area contributed by atoms with Gasteiger partial charge in [0.1, 0.15) is 12.2 Å². The lowest BCUT2D eigenvalue weighted by atomic mass is 10.2. The predicted molar refractivity (Wildman–Crippen MR) is 68.3 cm³/mol. The second kappa shape index (κ2) is 6.46. The molecule has 0 radical (unpaired) electrons. The Hall–Kier alpha value is -1.27. The van der Waals surface area contributed by atoms with Crippen LogP contribution in [0.25, 0.3) is 0 Å². The van der Waals surface area contributed by atoms with Crippen LogP contribution in [0.5, 0.6) is 0 Å². The average molecular weight is 296 g/mol. The largest absolute Gasteiger partial charge is 0.313 e. The van der Waals surface area contributed by atoms with Crippen LogP contribution >= 0.6 is 15.9 Å². The average Bonchev–Trinajstić information content (AvgIpc) is 2.82. The van der Waals surface area contributed by atoms with Gasteiger partial charge in [-0.25, -0.2) is 4.98 Å². The third kappa shape index (κ3) is 4.24. The molecule has 6 heteroatoms. The van der Waals surface area contributed by atoms with Crippen LogP contribution < -0.4 is 5.32 Å². The lowest BCUT2D eigenvalue weighted by molar-refractivity contribution is 0.638. The predicted octanol–water partition coefficient (Wildman–Crippen LogP) is 1.68. The van der Waals surface area contributed by atoms with Crippen LogP contribution in [0.1, 0.15) is 17.8 Å². The van der Waals surface area contributed by atoms with Crippen molar-refractivity contribution >= 4 is 15.9 Å². The van der Waals surface area contributed by atoms with Gasteiger partial charge in [-0.1, -0.05) is 0 Å². The second-order valence-corrected chi connectivity index (χ2v) is 4.64. The molecule has 0 aliphatic heterocycles. The molecule has 0 bridgehead atoms. The van der Waals surface area contributed by atoms with Gasteiger partial charge >= 0.3 is 0 Å². The normalized spacial score (nSPS) is 10.6. The first kappa shape index (κ1) is 12.2. The zero-order valence-corrected chi connectivity index (χ0v) is 10.9. The summed E-state index contributed by atoms with van der Waals surface area (Å²) in [6, 6.07) is 2.07. The van der Waals surface area contributed by atoms with Crippen molar-refractivity contribution in [3.8, 4) is 0 Å². The van der Waals surface area contributed by atoms with Crippen molar-refractivity contribution in [2.75, 3.05) is 6.54 Å². The minimum absolute atomic E-state index is 0.836. The van der Waals surface area contributed by atoms with Crippen LogP contribution in [0.4, 0.5) is 0 Å². The molecule has 2 rings (SSSR count). The zero-order chi connectivity index (χ0) is 11.9. The Bertz CT molecular complexity index is 443. The highest BCUT2D eigenvalue weighted by Gasteiger charge is 1.97. The van der Waals surface area contributed by atoms with E-state index in [0.29, 0.717) is 0 Å². The fourth-order valence-electron chi connectivity index (χ4n) is 1.52. The Morgan fingerprint density at radius 2 is 2.29 bits per heavy atom. The van der Waals surface area contributed by atoms with Gasteiger partial charge in [-0.05, 0) is 40.5 Å². The number of nitrogens with one attached hydrogen (secondary N) is 2. The Labute approximate surface area is 108 Å². The molecule has 17 heavy (non-hydrogen) atoms. The van der Waals surface area contributed by atoms with Gasteiger partial charge in [0.25, 0.3) is 0 Å². The molecule has 90 valence electrons. The van der Waals surface area contributed by atoms with E-state index in [9.17, 15) is 0 Å². The van der Waals surface area contributed by atoms with Gasteiger partial charge in [-0.2, -0.15) is 5.10 Å². The first-order valence-corrected chi connectivity index (χ1v) is 6.28. The molecule has 2 N–H and O–H groups in total. The molecule has 0 saturated carbocycles. The summed E-state index contributed by atoms with van der Waals surface area (Å²) < 4.78 is 1.01. The summed E-state index contributed by atoms with van der Waals surface area (Å²) in [7, 11) is 0. The molecule has 2 aromatic rings. The molecule has 5 nitrogen and oxygen atoms in total. The Balaban J connectivity index is 1.63. The first-order chi connectivity index (χ1) is 8.34. The van der Waals surface area contributed by atoms with Gasteiger partial charge < -0.3 is 5.32 Å². The van der Waals surface area contributed by atoms with Crippen molar-refractivity contribution in [3.05, 3.63) is 40.6 Å². The molecule has 2 heterocycles. The summed E-state index contributed by atoms with van der Waals surface area (Å²) in [6.07, 6.45) is 7.15. The zero-order valence-electron chi connectivity index (χ0n) is 9.36. The van der Waals surface area contributed by atoms with Crippen LogP contribution in [0, 0.1) is 0 Å². The Kier molecular flexibility index (Phi) is 4.63. The van der Waals surface area contributed by atoms with Crippen LogP contribution in [-0.2, 0) is 13.0 Å². The smallest absolute Gasteiger partial charge is 0.137 e. The standard InChI is InChI=1S/C11H14BrN5/c12-10-4-9(6-14-7-10)5-13-3-1-2-11-15-8-16-17-11/h4,6-8,13H,1-3,5H2,(H,15,16,17).